The summed E-state index contributed by atoms with van der Waals surface area (Å²) in [6.07, 6.45) is 7.85. The molecule has 1 saturated carbocycles. The monoisotopic (exact) mass is 313 g/mol. The van der Waals surface area contributed by atoms with Gasteiger partial charge in [0.05, 0.1) is 0 Å². The second-order valence-electron chi connectivity index (χ2n) is 6.67. The number of benzene rings is 1. The number of carbonyl (C=O) groups is 1. The van der Waals surface area contributed by atoms with E-state index in [-0.39, 0.29) is 11.9 Å². The van der Waals surface area contributed by atoms with Gasteiger partial charge < -0.3 is 16.0 Å². The lowest BCUT2D eigenvalue weighted by atomic mass is 10.00. The summed E-state index contributed by atoms with van der Waals surface area (Å²) in [7, 11) is 0. The molecule has 1 aliphatic carbocycles. The molecular formula is C19H27N3O. The third kappa shape index (κ3) is 3.58. The number of aromatic amines is 1. The molecule has 4 nitrogen and oxygen atoms in total. The lowest BCUT2D eigenvalue weighted by molar-refractivity contribution is -0.122. The Labute approximate surface area is 137 Å². The van der Waals surface area contributed by atoms with E-state index < -0.39 is 0 Å². The first kappa shape index (κ1) is 16.1. The number of hydrogen-bond acceptors (Lipinski definition) is 2. The van der Waals surface area contributed by atoms with E-state index in [0.29, 0.717) is 18.9 Å². The van der Waals surface area contributed by atoms with E-state index in [1.165, 1.54) is 22.0 Å². The van der Waals surface area contributed by atoms with E-state index in [0.717, 1.165) is 32.1 Å². The van der Waals surface area contributed by atoms with Crippen molar-refractivity contribution in [1.82, 2.24) is 10.3 Å². The summed E-state index contributed by atoms with van der Waals surface area (Å²) in [4.78, 5) is 15.4. The largest absolute Gasteiger partial charge is 0.361 e. The third-order valence-corrected chi connectivity index (χ3v) is 5.15. The molecule has 1 aromatic heterocycles. The van der Waals surface area contributed by atoms with Crippen molar-refractivity contribution in [1.29, 1.82) is 0 Å². The fraction of sp³-hybridized carbons (Fsp3) is 0.526. The molecule has 1 aliphatic rings. The number of nitrogens with two attached hydrogens (primary N) is 1. The molecule has 0 aliphatic heterocycles. The summed E-state index contributed by atoms with van der Waals surface area (Å²) in [5.41, 5.74) is 9.88. The van der Waals surface area contributed by atoms with Crippen LogP contribution in [-0.2, 0) is 17.6 Å². The van der Waals surface area contributed by atoms with Gasteiger partial charge in [-0.3, -0.25) is 4.79 Å². The van der Waals surface area contributed by atoms with Crippen LogP contribution in [0.2, 0.25) is 0 Å². The topological polar surface area (TPSA) is 70.9 Å². The fourth-order valence-corrected chi connectivity index (χ4v) is 3.74. The smallest absolute Gasteiger partial charge is 0.220 e. The molecule has 2 atom stereocenters. The molecule has 0 saturated heterocycles. The number of para-hydroxylation sites is 1. The third-order valence-electron chi connectivity index (χ3n) is 5.15. The Bertz CT molecular complexity index is 676. The van der Waals surface area contributed by atoms with E-state index in [1.54, 1.807) is 0 Å². The maximum Gasteiger partial charge on any atom is 0.220 e. The first-order valence-electron chi connectivity index (χ1n) is 8.79. The van der Waals surface area contributed by atoms with Crippen LogP contribution in [0.3, 0.4) is 0 Å². The molecule has 4 heteroatoms. The molecule has 0 radical (unpaired) electrons. The Kier molecular flexibility index (Phi) is 5.01. The van der Waals surface area contributed by atoms with E-state index >= 15 is 0 Å². The minimum Gasteiger partial charge on any atom is -0.361 e. The molecule has 1 amide bonds. The Morgan fingerprint density at radius 2 is 2.22 bits per heavy atom. The Balaban J connectivity index is 1.53. The summed E-state index contributed by atoms with van der Waals surface area (Å²) < 4.78 is 0. The van der Waals surface area contributed by atoms with Crippen molar-refractivity contribution in [3.63, 3.8) is 0 Å². The molecule has 0 spiro atoms. The number of H-pyrrole nitrogens is 1. The minimum absolute atomic E-state index is 0.140. The number of hydrogen-bond donors (Lipinski definition) is 3. The van der Waals surface area contributed by atoms with Gasteiger partial charge in [-0.05, 0) is 42.7 Å². The van der Waals surface area contributed by atoms with Crippen molar-refractivity contribution in [3.05, 3.63) is 35.5 Å². The highest BCUT2D eigenvalue weighted by Crippen LogP contribution is 2.26. The SMILES string of the molecule is CCc1cccc2c(CCNC(=O)C[C@@H]3CCC[C@H]3N)c[nH]c12. The number of aromatic nitrogens is 1. The zero-order valence-corrected chi connectivity index (χ0v) is 13.9. The Morgan fingerprint density at radius 1 is 1.35 bits per heavy atom. The van der Waals surface area contributed by atoms with Crippen LogP contribution in [0.25, 0.3) is 10.9 Å². The normalized spacial score (nSPS) is 21.0. The van der Waals surface area contributed by atoms with Gasteiger partial charge in [-0.25, -0.2) is 0 Å². The maximum atomic E-state index is 12.1. The number of fused-ring (bicyclic) bond motifs is 1. The van der Waals surface area contributed by atoms with Crippen LogP contribution in [0.5, 0.6) is 0 Å². The number of amides is 1. The summed E-state index contributed by atoms with van der Waals surface area (Å²) in [5.74, 6) is 0.511. The van der Waals surface area contributed by atoms with E-state index in [4.69, 9.17) is 5.73 Å². The Morgan fingerprint density at radius 3 is 2.96 bits per heavy atom. The summed E-state index contributed by atoms with van der Waals surface area (Å²) in [5, 5.41) is 4.33. The van der Waals surface area contributed by atoms with Gasteiger partial charge in [0.2, 0.25) is 5.91 Å². The van der Waals surface area contributed by atoms with Crippen molar-refractivity contribution in [3.8, 4) is 0 Å². The van der Waals surface area contributed by atoms with E-state index in [9.17, 15) is 4.79 Å². The molecule has 1 aromatic carbocycles. The van der Waals surface area contributed by atoms with Gasteiger partial charge in [-0.15, -0.1) is 0 Å². The van der Waals surface area contributed by atoms with Crippen molar-refractivity contribution in [2.24, 2.45) is 11.7 Å². The first-order chi connectivity index (χ1) is 11.2. The van der Waals surface area contributed by atoms with Gasteiger partial charge in [-0.1, -0.05) is 31.5 Å². The number of nitrogens with one attached hydrogen (secondary N) is 2. The van der Waals surface area contributed by atoms with Crippen LogP contribution in [0.1, 0.15) is 43.7 Å². The lowest BCUT2D eigenvalue weighted by Crippen LogP contribution is -2.32. The van der Waals surface area contributed by atoms with Crippen molar-refractivity contribution >= 4 is 16.8 Å². The average molecular weight is 313 g/mol. The average Bonchev–Trinajstić information content (AvgIpc) is 3.14. The molecule has 2 aromatic rings. The van der Waals surface area contributed by atoms with Gasteiger partial charge in [0.25, 0.3) is 0 Å². The summed E-state index contributed by atoms with van der Waals surface area (Å²) in [6, 6.07) is 6.63. The number of aryl methyl sites for hydroxylation is 1. The molecule has 1 fully saturated rings. The zero-order valence-electron chi connectivity index (χ0n) is 13.9. The lowest BCUT2D eigenvalue weighted by Gasteiger charge is -2.14. The van der Waals surface area contributed by atoms with Crippen LogP contribution in [-0.4, -0.2) is 23.5 Å². The molecular weight excluding hydrogens is 286 g/mol. The molecule has 1 heterocycles. The highest BCUT2D eigenvalue weighted by Gasteiger charge is 2.25. The van der Waals surface area contributed by atoms with E-state index in [1.807, 2.05) is 0 Å². The predicted octanol–water partition coefficient (Wildman–Crippen LogP) is 2.91. The Hall–Kier alpha value is -1.81. The molecule has 0 bridgehead atoms. The van der Waals surface area contributed by atoms with Crippen molar-refractivity contribution in [2.75, 3.05) is 6.54 Å². The van der Waals surface area contributed by atoms with Gasteiger partial charge in [0.15, 0.2) is 0 Å². The quantitative estimate of drug-likeness (QED) is 0.767. The van der Waals surface area contributed by atoms with Gasteiger partial charge in [0.1, 0.15) is 0 Å². The summed E-state index contributed by atoms with van der Waals surface area (Å²) >= 11 is 0. The van der Waals surface area contributed by atoms with Crippen LogP contribution < -0.4 is 11.1 Å². The van der Waals surface area contributed by atoms with Crippen molar-refractivity contribution < 1.29 is 4.79 Å². The van der Waals surface area contributed by atoms with Crippen LogP contribution in [0.15, 0.2) is 24.4 Å². The van der Waals surface area contributed by atoms with E-state index in [2.05, 4.69) is 41.6 Å². The predicted molar refractivity (Wildman–Crippen MR) is 94.3 cm³/mol. The number of carbonyl (C=O) groups excluding carboxylic acids is 1. The van der Waals surface area contributed by atoms with Gasteiger partial charge >= 0.3 is 0 Å². The molecule has 0 unspecified atom stereocenters. The molecule has 124 valence electrons. The minimum atomic E-state index is 0.140. The fourth-order valence-electron chi connectivity index (χ4n) is 3.74. The molecule has 4 N–H and O–H groups in total. The van der Waals surface area contributed by atoms with Gasteiger partial charge in [0, 0.05) is 36.1 Å². The highest BCUT2D eigenvalue weighted by molar-refractivity contribution is 5.86. The second kappa shape index (κ2) is 7.18. The van der Waals surface area contributed by atoms with Crippen LogP contribution >= 0.6 is 0 Å². The van der Waals surface area contributed by atoms with Crippen LogP contribution in [0, 0.1) is 5.92 Å². The standard InChI is InChI=1S/C19H27N3O/c1-2-13-5-3-7-16-15(12-22-19(13)16)9-10-21-18(23)11-14-6-4-8-17(14)20/h3,5,7,12,14,17,22H,2,4,6,8-11,20H2,1H3,(H,21,23)/t14-,17+/m0/s1. The number of rotatable bonds is 6. The summed E-state index contributed by atoms with van der Waals surface area (Å²) in [6.45, 7) is 2.85. The molecule has 23 heavy (non-hydrogen) atoms. The zero-order chi connectivity index (χ0) is 16.2. The molecule has 3 rings (SSSR count). The van der Waals surface area contributed by atoms with Gasteiger partial charge in [-0.2, -0.15) is 0 Å². The highest BCUT2D eigenvalue weighted by atomic mass is 16.1. The first-order valence-corrected chi connectivity index (χ1v) is 8.79. The maximum absolute atomic E-state index is 12.1. The van der Waals surface area contributed by atoms with Crippen molar-refractivity contribution in [2.45, 2.75) is 51.5 Å². The second-order valence-corrected chi connectivity index (χ2v) is 6.67. The van der Waals surface area contributed by atoms with Crippen LogP contribution in [0.4, 0.5) is 0 Å².